The zero-order valence-corrected chi connectivity index (χ0v) is 40.6. The highest BCUT2D eigenvalue weighted by Gasteiger charge is 2.31. The average Bonchev–Trinajstić information content (AvgIpc) is 4.04. The first-order chi connectivity index (χ1) is 33.3. The van der Waals surface area contributed by atoms with Crippen LogP contribution in [0.1, 0.15) is 54.0 Å². The maximum absolute atomic E-state index is 13.4. The number of nitriles is 1. The molecule has 2 saturated heterocycles. The number of sulfonamides is 1. The van der Waals surface area contributed by atoms with Crippen molar-refractivity contribution in [2.45, 2.75) is 70.4 Å². The number of fused-ring (bicyclic) bond motifs is 2. The minimum Gasteiger partial charge on any atom is -0.493 e. The van der Waals surface area contributed by atoms with E-state index in [0.29, 0.717) is 60.3 Å². The van der Waals surface area contributed by atoms with Crippen LogP contribution < -0.4 is 38.8 Å². The summed E-state index contributed by atoms with van der Waals surface area (Å²) in [5.74, 6) is 2.16. The van der Waals surface area contributed by atoms with Crippen molar-refractivity contribution in [2.24, 2.45) is 0 Å². The van der Waals surface area contributed by atoms with Crippen LogP contribution in [0.2, 0.25) is 0 Å². The van der Waals surface area contributed by atoms with Crippen LogP contribution in [-0.2, 0) is 14.8 Å². The Morgan fingerprint density at radius 1 is 0.710 bits per heavy atom. The van der Waals surface area contributed by atoms with Gasteiger partial charge in [-0.05, 0) is 120 Å². The summed E-state index contributed by atoms with van der Waals surface area (Å²) in [6.07, 6.45) is 2.50. The van der Waals surface area contributed by atoms with Crippen LogP contribution in [-0.4, -0.2) is 110 Å². The van der Waals surface area contributed by atoms with Crippen molar-refractivity contribution in [1.82, 2.24) is 39.2 Å². The van der Waals surface area contributed by atoms with Crippen molar-refractivity contribution < 1.29 is 32.2 Å². The highest BCUT2D eigenvalue weighted by Crippen LogP contribution is 2.38. The van der Waals surface area contributed by atoms with Crippen molar-refractivity contribution in [3.63, 3.8) is 0 Å². The molecule has 19 heteroatoms. The first-order valence-electron chi connectivity index (χ1n) is 22.9. The Morgan fingerprint density at radius 2 is 1.26 bits per heavy atom. The third kappa shape index (κ3) is 9.41. The van der Waals surface area contributed by atoms with Gasteiger partial charge in [0.2, 0.25) is 15.9 Å². The third-order valence-electron chi connectivity index (χ3n) is 12.7. The number of carbonyl (C=O) groups is 1. The largest absolute Gasteiger partial charge is 0.493 e. The molecule has 69 heavy (non-hydrogen) atoms. The molecule has 3 aromatic carbocycles. The van der Waals surface area contributed by atoms with Gasteiger partial charge in [-0.15, -0.1) is 0 Å². The molecule has 2 aliphatic heterocycles. The number of imidazole rings is 2. The van der Waals surface area contributed by atoms with Crippen molar-refractivity contribution in [3.05, 3.63) is 101 Å². The van der Waals surface area contributed by atoms with Crippen molar-refractivity contribution in [3.8, 4) is 51.6 Å². The molecule has 2 fully saturated rings. The highest BCUT2D eigenvalue weighted by molar-refractivity contribution is 7.89. The van der Waals surface area contributed by atoms with Gasteiger partial charge in [-0.1, -0.05) is 0 Å². The molecule has 0 aliphatic carbocycles. The van der Waals surface area contributed by atoms with Crippen LogP contribution >= 0.6 is 0 Å². The smallest absolute Gasteiger partial charge is 0.240 e. The van der Waals surface area contributed by atoms with E-state index in [1.807, 2.05) is 85.3 Å². The van der Waals surface area contributed by atoms with Gasteiger partial charge >= 0.3 is 0 Å². The Morgan fingerprint density at radius 3 is 1.84 bits per heavy atom. The maximum atomic E-state index is 13.4. The predicted octanol–water partition coefficient (Wildman–Crippen LogP) is 6.35. The van der Waals surface area contributed by atoms with E-state index in [4.69, 9.17) is 44.4 Å². The molecule has 6 heterocycles. The quantitative estimate of drug-likeness (QED) is 0.115. The Bertz CT molecular complexity index is 3240. The van der Waals surface area contributed by atoms with Gasteiger partial charge in [0.05, 0.1) is 96.4 Å². The number of aromatic nitrogens is 6. The molecule has 2 N–H and O–H groups in total. The molecule has 9 rings (SSSR count). The van der Waals surface area contributed by atoms with Crippen LogP contribution in [0.3, 0.4) is 0 Å². The minimum atomic E-state index is -3.79. The number of methoxy groups -OCH3 is 3. The molecule has 0 radical (unpaired) electrons. The van der Waals surface area contributed by atoms with E-state index < -0.39 is 10.0 Å². The molecule has 0 bridgehead atoms. The van der Waals surface area contributed by atoms with Crippen molar-refractivity contribution in [1.29, 1.82) is 5.26 Å². The fourth-order valence-electron chi connectivity index (χ4n) is 9.45. The Kier molecular flexibility index (Phi) is 13.0. The van der Waals surface area contributed by atoms with E-state index in [-0.39, 0.29) is 35.9 Å². The fraction of sp³-hybridized carbons (Fsp3) is 0.360. The molecule has 7 aromatic rings. The van der Waals surface area contributed by atoms with Gasteiger partial charge in [0.1, 0.15) is 0 Å². The number of benzene rings is 3. The number of piperidine rings is 1. The molecule has 358 valence electrons. The number of aryl methyl sites for hydroxylation is 4. The Balaban J connectivity index is 0.841. The maximum Gasteiger partial charge on any atom is 0.240 e. The van der Waals surface area contributed by atoms with E-state index >= 15 is 0 Å². The normalized spacial score (nSPS) is 16.2. The van der Waals surface area contributed by atoms with E-state index in [1.165, 1.54) is 24.3 Å². The number of hydrogen-bond acceptors (Lipinski definition) is 14. The van der Waals surface area contributed by atoms with Gasteiger partial charge in [0.25, 0.3) is 0 Å². The van der Waals surface area contributed by atoms with Gasteiger partial charge in [0, 0.05) is 49.4 Å². The van der Waals surface area contributed by atoms with Gasteiger partial charge in [-0.25, -0.2) is 32.1 Å². The van der Waals surface area contributed by atoms with Crippen LogP contribution in [0.25, 0.3) is 33.8 Å². The summed E-state index contributed by atoms with van der Waals surface area (Å²) in [5, 5.41) is 22.1. The lowest BCUT2D eigenvalue weighted by Gasteiger charge is -2.35. The molecule has 1 amide bonds. The zero-order valence-electron chi connectivity index (χ0n) is 39.7. The van der Waals surface area contributed by atoms with Gasteiger partial charge in [-0.3, -0.25) is 4.79 Å². The predicted molar refractivity (Wildman–Crippen MR) is 261 cm³/mol. The number of nitrogens with one attached hydrogen (secondary N) is 2. The van der Waals surface area contributed by atoms with Gasteiger partial charge in [-0.2, -0.15) is 15.5 Å². The monoisotopic (exact) mass is 953 g/mol. The lowest BCUT2D eigenvalue weighted by atomic mass is 10.0. The summed E-state index contributed by atoms with van der Waals surface area (Å²) in [6.45, 7) is 10.4. The Labute approximate surface area is 400 Å². The lowest BCUT2D eigenvalue weighted by Crippen LogP contribution is -2.48. The second kappa shape index (κ2) is 19.3. The number of anilines is 2. The van der Waals surface area contributed by atoms with E-state index in [9.17, 15) is 13.2 Å². The van der Waals surface area contributed by atoms with Crippen molar-refractivity contribution in [2.75, 3.05) is 63.9 Å². The second-order valence-corrected chi connectivity index (χ2v) is 19.2. The summed E-state index contributed by atoms with van der Waals surface area (Å²) >= 11 is 0. The molecule has 0 spiro atoms. The van der Waals surface area contributed by atoms with Crippen LogP contribution in [0.4, 0.5) is 11.4 Å². The number of carbonyl (C=O) groups excluding carboxylic acids is 1. The number of ether oxygens (including phenoxy) is 4. The van der Waals surface area contributed by atoms with Gasteiger partial charge < -0.3 is 34.1 Å². The highest BCUT2D eigenvalue weighted by atomic mass is 32.2. The van der Waals surface area contributed by atoms with E-state index in [0.717, 1.165) is 81.7 Å². The summed E-state index contributed by atoms with van der Waals surface area (Å²) < 4.78 is 56.0. The topological polar surface area (TPSA) is 203 Å². The number of nitrogens with zero attached hydrogens (tertiary/aromatic N) is 9. The molecule has 18 nitrogen and oxygen atoms in total. The summed E-state index contributed by atoms with van der Waals surface area (Å²) in [5.41, 5.74) is 10.2. The molecular formula is C50H55N11O7S. The zero-order chi connectivity index (χ0) is 48.6. The van der Waals surface area contributed by atoms with Crippen LogP contribution in [0.15, 0.2) is 77.7 Å². The lowest BCUT2D eigenvalue weighted by molar-refractivity contribution is -0.122. The van der Waals surface area contributed by atoms with Gasteiger partial charge in [0.15, 0.2) is 34.3 Å². The SMILES string of the molecule is COc1ccc(-c2c(C)nc3c(N4CCCC(NC(=O)CCOc5ccc(-c6c(C)nc7c(N8CC[C@@H](NS(=O)(=O)c9ccc(C#N)cc9)C8)cc(C)nn67)cc5OC)C4)cc(C)nn23)cc1OC. The van der Waals surface area contributed by atoms with Crippen molar-refractivity contribution >= 4 is 38.6 Å². The molecule has 0 saturated carbocycles. The van der Waals surface area contributed by atoms with E-state index in [2.05, 4.69) is 25.9 Å². The second-order valence-electron chi connectivity index (χ2n) is 17.5. The first kappa shape index (κ1) is 46.7. The van der Waals surface area contributed by atoms with Crippen LogP contribution in [0, 0.1) is 39.0 Å². The molecule has 4 aromatic heterocycles. The molecular weight excluding hydrogens is 899 g/mol. The number of rotatable bonds is 15. The Hall–Kier alpha value is -7.43. The number of amides is 1. The summed E-state index contributed by atoms with van der Waals surface area (Å²) in [7, 11) is 1.02. The fourth-order valence-corrected chi connectivity index (χ4v) is 10.7. The average molecular weight is 954 g/mol. The van der Waals surface area contributed by atoms with E-state index in [1.54, 1.807) is 21.3 Å². The molecule has 2 atom stereocenters. The third-order valence-corrected chi connectivity index (χ3v) is 14.2. The summed E-state index contributed by atoms with van der Waals surface area (Å²) in [4.78, 5) is 27.9. The number of hydrogen-bond donors (Lipinski definition) is 2. The minimum absolute atomic E-state index is 0.0683. The first-order valence-corrected chi connectivity index (χ1v) is 24.3. The molecule has 2 aliphatic rings. The summed E-state index contributed by atoms with van der Waals surface area (Å²) in [6, 6.07) is 23.0. The molecule has 1 unspecified atom stereocenters. The standard InChI is InChI=1S/C50H55N11O7S/c1-30-23-40(49-52-32(3)47(60(49)55-30)35-12-16-42(65-5)44(25-35)66-6)58-20-8-9-37(28-58)54-46(62)19-22-68-43-17-13-36(26-45(43)67-7)48-33(4)53-50-41(24-31(2)56-61(48)50)59-21-18-38(29-59)57-69(63,64)39-14-10-34(27-51)11-15-39/h10-17,23-26,37-38,57H,8-9,18-22,28-29H2,1-7H3,(H,54,62)/t37?,38-/m1/s1. The van der Waals surface area contributed by atoms with Crippen LogP contribution in [0.5, 0.6) is 23.0 Å².